The number of benzene rings is 6. The molecule has 1 aliphatic heterocycles. The lowest BCUT2D eigenvalue weighted by Crippen LogP contribution is -2.14. The molecule has 262 valence electrons. The lowest BCUT2D eigenvalue weighted by atomic mass is 9.99. The Morgan fingerprint density at radius 1 is 0.545 bits per heavy atom. The van der Waals surface area contributed by atoms with Gasteiger partial charge in [-0.2, -0.15) is 0 Å². The fourth-order valence-electron chi connectivity index (χ4n) is 8.21. The van der Waals surface area contributed by atoms with E-state index in [1.165, 1.54) is 10.8 Å². The molecule has 6 aromatic carbocycles. The van der Waals surface area contributed by atoms with Gasteiger partial charge in [-0.05, 0) is 114 Å². The summed E-state index contributed by atoms with van der Waals surface area (Å²) in [6.45, 7) is 0. The third-order valence-electron chi connectivity index (χ3n) is 10.9. The Balaban J connectivity index is 1.06. The molecule has 0 amide bonds. The van der Waals surface area contributed by atoms with Gasteiger partial charge in [0, 0.05) is 22.2 Å². The third-order valence-corrected chi connectivity index (χ3v) is 10.9. The van der Waals surface area contributed by atoms with E-state index in [1.807, 2.05) is 12.1 Å². The number of ether oxygens (including phenoxy) is 2. The molecule has 0 saturated carbocycles. The van der Waals surface area contributed by atoms with Gasteiger partial charge >= 0.3 is 0 Å². The largest absolute Gasteiger partial charge is 0.450 e. The second-order valence-corrected chi connectivity index (χ2v) is 14.4. The Kier molecular flexibility index (Phi) is 7.37. The van der Waals surface area contributed by atoms with Crippen LogP contribution in [0, 0.1) is 0 Å². The van der Waals surface area contributed by atoms with Crippen LogP contribution < -0.4 is 9.47 Å². The summed E-state index contributed by atoms with van der Waals surface area (Å²) >= 11 is 0. The lowest BCUT2D eigenvalue weighted by Gasteiger charge is -2.25. The maximum absolute atomic E-state index is 6.69. The van der Waals surface area contributed by atoms with Crippen LogP contribution in [0.3, 0.4) is 0 Å². The zero-order valence-corrected chi connectivity index (χ0v) is 30.1. The number of allylic oxidation sites excluding steroid dienone is 6. The summed E-state index contributed by atoms with van der Waals surface area (Å²) in [6, 6.07) is 47.4. The predicted molar refractivity (Wildman–Crippen MR) is 223 cm³/mol. The molecule has 5 nitrogen and oxygen atoms in total. The highest BCUT2D eigenvalue weighted by Gasteiger charge is 2.28. The molecule has 0 atom stereocenters. The maximum Gasteiger partial charge on any atom is 0.180 e. The highest BCUT2D eigenvalue weighted by atomic mass is 16.6. The molecule has 3 heterocycles. The van der Waals surface area contributed by atoms with E-state index in [0.717, 1.165) is 121 Å². The summed E-state index contributed by atoms with van der Waals surface area (Å²) in [6.07, 6.45) is 14.5. The van der Waals surface area contributed by atoms with Gasteiger partial charge in [0.1, 0.15) is 0 Å². The zero-order valence-electron chi connectivity index (χ0n) is 30.1. The summed E-state index contributed by atoms with van der Waals surface area (Å²) in [5.41, 5.74) is 10.6. The molecule has 0 bridgehead atoms. The summed E-state index contributed by atoms with van der Waals surface area (Å²) < 4.78 is 15.5. The molecule has 8 aromatic rings. The van der Waals surface area contributed by atoms with E-state index in [2.05, 4.69) is 156 Å². The highest BCUT2D eigenvalue weighted by Crippen LogP contribution is 2.48. The molecule has 3 aliphatic rings. The van der Waals surface area contributed by atoms with E-state index in [9.17, 15) is 0 Å². The summed E-state index contributed by atoms with van der Waals surface area (Å²) in [4.78, 5) is 10.2. The Morgan fingerprint density at radius 3 is 2.07 bits per heavy atom. The van der Waals surface area contributed by atoms with E-state index in [4.69, 9.17) is 19.4 Å². The first-order valence-electron chi connectivity index (χ1n) is 19.0. The number of rotatable bonds is 5. The molecule has 0 N–H and O–H groups in total. The minimum Gasteiger partial charge on any atom is -0.450 e. The Morgan fingerprint density at radius 2 is 1.25 bits per heavy atom. The number of hydrogen-bond acceptors (Lipinski definition) is 4. The minimum absolute atomic E-state index is 0.745. The van der Waals surface area contributed by atoms with Crippen LogP contribution in [0.15, 0.2) is 175 Å². The summed E-state index contributed by atoms with van der Waals surface area (Å²) in [7, 11) is 0. The van der Waals surface area contributed by atoms with Gasteiger partial charge in [0.15, 0.2) is 28.8 Å². The van der Waals surface area contributed by atoms with Crippen molar-refractivity contribution in [2.24, 2.45) is 0 Å². The Bertz CT molecular complexity index is 2980. The van der Waals surface area contributed by atoms with Gasteiger partial charge in [-0.1, -0.05) is 103 Å². The van der Waals surface area contributed by atoms with Crippen LogP contribution in [0.2, 0.25) is 0 Å². The second-order valence-electron chi connectivity index (χ2n) is 14.4. The van der Waals surface area contributed by atoms with Crippen LogP contribution in [0.4, 0.5) is 0 Å². The van der Waals surface area contributed by atoms with E-state index in [1.54, 1.807) is 0 Å². The van der Waals surface area contributed by atoms with Gasteiger partial charge in [0.2, 0.25) is 0 Å². The molecule has 0 unspecified atom stereocenters. The molecule has 0 fully saturated rings. The Labute approximate surface area is 318 Å². The first-order valence-corrected chi connectivity index (χ1v) is 19.0. The average molecular weight is 710 g/mol. The van der Waals surface area contributed by atoms with Crippen molar-refractivity contribution >= 4 is 38.2 Å². The molecule has 55 heavy (non-hydrogen) atoms. The van der Waals surface area contributed by atoms with Crippen molar-refractivity contribution in [1.29, 1.82) is 0 Å². The maximum atomic E-state index is 6.69. The van der Waals surface area contributed by atoms with E-state index >= 15 is 0 Å². The van der Waals surface area contributed by atoms with Crippen molar-refractivity contribution in [3.63, 3.8) is 0 Å². The molecular formula is C50H35N3O2. The number of fused-ring (bicyclic) bond motifs is 7. The van der Waals surface area contributed by atoms with Crippen LogP contribution in [-0.4, -0.2) is 14.5 Å². The van der Waals surface area contributed by atoms with Crippen molar-refractivity contribution in [3.8, 4) is 50.8 Å². The molecule has 2 aromatic heterocycles. The monoisotopic (exact) mass is 709 g/mol. The molecule has 0 saturated heterocycles. The van der Waals surface area contributed by atoms with Gasteiger partial charge in [0.25, 0.3) is 0 Å². The van der Waals surface area contributed by atoms with Crippen molar-refractivity contribution in [2.75, 3.05) is 0 Å². The van der Waals surface area contributed by atoms with Crippen LogP contribution in [-0.2, 0) is 0 Å². The second kappa shape index (κ2) is 12.9. The van der Waals surface area contributed by atoms with Gasteiger partial charge in [-0.25, -0.2) is 9.97 Å². The molecule has 0 spiro atoms. The number of aromatic nitrogens is 3. The fraction of sp³-hybridized carbons (Fsp3) is 0.0800. The van der Waals surface area contributed by atoms with Crippen molar-refractivity contribution in [2.45, 2.75) is 25.7 Å². The molecule has 11 rings (SSSR count). The first kappa shape index (κ1) is 31.5. The smallest absolute Gasteiger partial charge is 0.180 e. The van der Waals surface area contributed by atoms with Crippen molar-refractivity contribution < 1.29 is 9.47 Å². The predicted octanol–water partition coefficient (Wildman–Crippen LogP) is 12.8. The average Bonchev–Trinajstić information content (AvgIpc) is 3.59. The summed E-state index contributed by atoms with van der Waals surface area (Å²) in [5.74, 6) is 3.91. The van der Waals surface area contributed by atoms with Gasteiger partial charge < -0.3 is 14.0 Å². The van der Waals surface area contributed by atoms with E-state index in [0.29, 0.717) is 0 Å². The lowest BCUT2D eigenvalue weighted by molar-refractivity contribution is 0.291. The highest BCUT2D eigenvalue weighted by molar-refractivity contribution is 6.16. The molecular weight excluding hydrogens is 675 g/mol. The van der Waals surface area contributed by atoms with Crippen LogP contribution >= 0.6 is 0 Å². The first-order chi connectivity index (χ1) is 27.2. The number of hydrogen-bond donors (Lipinski definition) is 0. The van der Waals surface area contributed by atoms with Gasteiger partial charge in [0.05, 0.1) is 27.8 Å². The quantitative estimate of drug-likeness (QED) is 0.178. The van der Waals surface area contributed by atoms with Crippen molar-refractivity contribution in [3.05, 3.63) is 181 Å². The molecule has 5 heteroatoms. The Hall–Kier alpha value is -6.98. The molecule has 2 aliphatic carbocycles. The standard InChI is InChI=1S/C50H35N3O2/c1-3-13-32(14-4-1)41-31-42(52-50(51-41)33-15-5-2-6-16-33)38-21-11-19-34(27-38)35-20-12-22-39(28-35)53-43-25-26-47-49(55-46-24-10-9-23-45(46)54-47)48(43)40-29-36-17-7-8-18-37(36)30-44(40)53/h1-5,7-8,11-15,17-31H,6,9-10,16H2. The van der Waals surface area contributed by atoms with E-state index in [-0.39, 0.29) is 0 Å². The van der Waals surface area contributed by atoms with Gasteiger partial charge in [-0.15, -0.1) is 0 Å². The number of nitrogens with zero attached hydrogens (tertiary/aromatic N) is 3. The fourth-order valence-corrected chi connectivity index (χ4v) is 8.21. The van der Waals surface area contributed by atoms with Crippen LogP contribution in [0.5, 0.6) is 11.5 Å². The normalized spacial score (nSPS) is 14.8. The van der Waals surface area contributed by atoms with Gasteiger partial charge in [-0.3, -0.25) is 0 Å². The minimum atomic E-state index is 0.745. The van der Waals surface area contributed by atoms with Crippen LogP contribution in [0.1, 0.15) is 31.5 Å². The zero-order chi connectivity index (χ0) is 36.3. The topological polar surface area (TPSA) is 49.2 Å². The third kappa shape index (κ3) is 5.47. The van der Waals surface area contributed by atoms with Crippen molar-refractivity contribution in [1.82, 2.24) is 14.5 Å². The van der Waals surface area contributed by atoms with E-state index < -0.39 is 0 Å². The van der Waals surface area contributed by atoms with Crippen LogP contribution in [0.25, 0.3) is 77.5 Å². The summed E-state index contributed by atoms with van der Waals surface area (Å²) in [5, 5.41) is 4.55. The SMILES string of the molecule is C1=CCCC(c2nc(-c3ccccc3)cc(-c3cccc(-c4cccc(-n5c6cc7ccccc7cc6c6c7c(ccc65)OC5=CCCC=C5O7)c4)c3)n2)=C1. The molecule has 0 radical (unpaired) electrons.